The smallest absolute Gasteiger partial charge is 0.255 e. The van der Waals surface area contributed by atoms with Crippen molar-refractivity contribution >= 4 is 17.3 Å². The van der Waals surface area contributed by atoms with Gasteiger partial charge in [-0.15, -0.1) is 0 Å². The van der Waals surface area contributed by atoms with Crippen LogP contribution in [-0.4, -0.2) is 19.0 Å². The molecule has 1 amide bonds. The molecule has 0 saturated carbocycles. The Morgan fingerprint density at radius 1 is 1.09 bits per heavy atom. The van der Waals surface area contributed by atoms with Crippen LogP contribution < -0.4 is 16.0 Å². The highest BCUT2D eigenvalue weighted by Gasteiger charge is 2.13. The first kappa shape index (κ1) is 14.6. The number of amides is 1. The zero-order valence-corrected chi connectivity index (χ0v) is 12.6. The number of rotatable bonds is 4. The van der Waals surface area contributed by atoms with Crippen molar-refractivity contribution in [3.63, 3.8) is 0 Å². The van der Waals surface area contributed by atoms with Gasteiger partial charge in [-0.1, -0.05) is 18.2 Å². The molecule has 1 aliphatic heterocycles. The van der Waals surface area contributed by atoms with Crippen LogP contribution in [0.2, 0.25) is 0 Å². The highest BCUT2D eigenvalue weighted by atomic mass is 16.1. The minimum absolute atomic E-state index is 0.0952. The second kappa shape index (κ2) is 6.62. The molecule has 3 N–H and O–H groups in total. The van der Waals surface area contributed by atoms with E-state index in [1.165, 1.54) is 18.5 Å². The maximum atomic E-state index is 12.3. The lowest BCUT2D eigenvalue weighted by atomic mass is 10.1. The number of hydrogen-bond donors (Lipinski definition) is 2. The quantitative estimate of drug-likeness (QED) is 0.911. The molecule has 1 aliphatic rings. The van der Waals surface area contributed by atoms with Gasteiger partial charge in [0.1, 0.15) is 0 Å². The molecule has 0 bridgehead atoms. The van der Waals surface area contributed by atoms with Gasteiger partial charge in [-0.05, 0) is 48.7 Å². The third kappa shape index (κ3) is 3.28. The Bertz CT molecular complexity index is 646. The van der Waals surface area contributed by atoms with Crippen molar-refractivity contribution in [2.45, 2.75) is 19.4 Å². The summed E-state index contributed by atoms with van der Waals surface area (Å²) in [6.45, 7) is 2.68. The number of nitrogens with two attached hydrogens (primary N) is 1. The van der Waals surface area contributed by atoms with Crippen molar-refractivity contribution < 1.29 is 4.79 Å². The summed E-state index contributed by atoms with van der Waals surface area (Å²) < 4.78 is 0. The monoisotopic (exact) mass is 295 g/mol. The van der Waals surface area contributed by atoms with E-state index in [4.69, 9.17) is 5.73 Å². The summed E-state index contributed by atoms with van der Waals surface area (Å²) in [5.41, 5.74) is 9.24. The van der Waals surface area contributed by atoms with Crippen LogP contribution >= 0.6 is 0 Å². The Balaban J connectivity index is 1.71. The largest absolute Gasteiger partial charge is 0.371 e. The molecule has 1 fully saturated rings. The zero-order chi connectivity index (χ0) is 15.4. The minimum Gasteiger partial charge on any atom is -0.371 e. The number of nitrogens with one attached hydrogen (secondary N) is 1. The van der Waals surface area contributed by atoms with E-state index >= 15 is 0 Å². The van der Waals surface area contributed by atoms with Gasteiger partial charge in [0.05, 0.1) is 0 Å². The van der Waals surface area contributed by atoms with Crippen LogP contribution in [-0.2, 0) is 6.54 Å². The molecule has 0 aromatic heterocycles. The van der Waals surface area contributed by atoms with Crippen molar-refractivity contribution in [3.05, 3.63) is 59.7 Å². The summed E-state index contributed by atoms with van der Waals surface area (Å²) in [4.78, 5) is 14.6. The van der Waals surface area contributed by atoms with E-state index in [1.54, 1.807) is 0 Å². The predicted molar refractivity (Wildman–Crippen MR) is 90.2 cm³/mol. The number of anilines is 2. The van der Waals surface area contributed by atoms with Gasteiger partial charge in [0.15, 0.2) is 0 Å². The van der Waals surface area contributed by atoms with Gasteiger partial charge in [-0.2, -0.15) is 0 Å². The maximum Gasteiger partial charge on any atom is 0.255 e. The molecule has 1 saturated heterocycles. The SMILES string of the molecule is NCc1ccc(C(=O)Nc2cccc(N3CCCC3)c2)cc1. The normalized spacial score (nSPS) is 14.1. The fourth-order valence-electron chi connectivity index (χ4n) is 2.75. The lowest BCUT2D eigenvalue weighted by Gasteiger charge is -2.18. The van der Waals surface area contributed by atoms with Crippen LogP contribution in [0.3, 0.4) is 0 Å². The van der Waals surface area contributed by atoms with E-state index in [-0.39, 0.29) is 5.91 Å². The molecule has 4 heteroatoms. The minimum atomic E-state index is -0.0952. The average Bonchev–Trinajstić information content (AvgIpc) is 3.10. The van der Waals surface area contributed by atoms with Crippen LogP contribution in [0.15, 0.2) is 48.5 Å². The summed E-state index contributed by atoms with van der Waals surface area (Å²) in [5.74, 6) is -0.0952. The van der Waals surface area contributed by atoms with E-state index in [1.807, 2.05) is 42.5 Å². The number of carbonyl (C=O) groups is 1. The zero-order valence-electron chi connectivity index (χ0n) is 12.6. The molecular formula is C18H21N3O. The first-order chi connectivity index (χ1) is 10.8. The van der Waals surface area contributed by atoms with Gasteiger partial charge < -0.3 is 16.0 Å². The van der Waals surface area contributed by atoms with Gasteiger partial charge in [0.2, 0.25) is 0 Å². The molecule has 0 atom stereocenters. The third-order valence-electron chi connectivity index (χ3n) is 4.03. The van der Waals surface area contributed by atoms with Crippen molar-refractivity contribution in [3.8, 4) is 0 Å². The number of nitrogens with zero attached hydrogens (tertiary/aromatic N) is 1. The lowest BCUT2D eigenvalue weighted by molar-refractivity contribution is 0.102. The topological polar surface area (TPSA) is 58.4 Å². The van der Waals surface area contributed by atoms with Gasteiger partial charge in [0.25, 0.3) is 5.91 Å². The van der Waals surface area contributed by atoms with Crippen molar-refractivity contribution in [2.75, 3.05) is 23.3 Å². The Morgan fingerprint density at radius 2 is 1.82 bits per heavy atom. The number of benzene rings is 2. The first-order valence-electron chi connectivity index (χ1n) is 7.71. The summed E-state index contributed by atoms with van der Waals surface area (Å²) in [6.07, 6.45) is 2.48. The molecular weight excluding hydrogens is 274 g/mol. The van der Waals surface area contributed by atoms with Gasteiger partial charge >= 0.3 is 0 Å². The van der Waals surface area contributed by atoms with Crippen LogP contribution in [0.25, 0.3) is 0 Å². The van der Waals surface area contributed by atoms with Crippen molar-refractivity contribution in [1.29, 1.82) is 0 Å². The molecule has 3 rings (SSSR count). The van der Waals surface area contributed by atoms with Crippen molar-refractivity contribution in [1.82, 2.24) is 0 Å². The van der Waals surface area contributed by atoms with Gasteiger partial charge in [-0.25, -0.2) is 0 Å². The van der Waals surface area contributed by atoms with E-state index in [0.29, 0.717) is 12.1 Å². The van der Waals surface area contributed by atoms with Crippen LogP contribution in [0.1, 0.15) is 28.8 Å². The molecule has 0 radical (unpaired) electrons. The fourth-order valence-corrected chi connectivity index (χ4v) is 2.75. The molecule has 1 heterocycles. The highest BCUT2D eigenvalue weighted by Crippen LogP contribution is 2.23. The summed E-state index contributed by atoms with van der Waals surface area (Å²) in [6, 6.07) is 15.4. The Labute approximate surface area is 130 Å². The van der Waals surface area contributed by atoms with Gasteiger partial charge in [-0.3, -0.25) is 4.79 Å². The molecule has 2 aromatic carbocycles. The lowest BCUT2D eigenvalue weighted by Crippen LogP contribution is -2.18. The Morgan fingerprint density at radius 3 is 2.50 bits per heavy atom. The first-order valence-corrected chi connectivity index (χ1v) is 7.71. The second-order valence-electron chi connectivity index (χ2n) is 5.60. The molecule has 114 valence electrons. The summed E-state index contributed by atoms with van der Waals surface area (Å²) >= 11 is 0. The Hall–Kier alpha value is -2.33. The highest BCUT2D eigenvalue weighted by molar-refractivity contribution is 6.04. The van der Waals surface area contributed by atoms with Crippen LogP contribution in [0.4, 0.5) is 11.4 Å². The molecule has 4 nitrogen and oxygen atoms in total. The van der Waals surface area contributed by atoms with Crippen molar-refractivity contribution in [2.24, 2.45) is 5.73 Å². The van der Waals surface area contributed by atoms with E-state index in [9.17, 15) is 4.79 Å². The van der Waals surface area contributed by atoms with Crippen LogP contribution in [0.5, 0.6) is 0 Å². The summed E-state index contributed by atoms with van der Waals surface area (Å²) in [7, 11) is 0. The molecule has 0 aliphatic carbocycles. The summed E-state index contributed by atoms with van der Waals surface area (Å²) in [5, 5.41) is 2.96. The second-order valence-corrected chi connectivity index (χ2v) is 5.60. The third-order valence-corrected chi connectivity index (χ3v) is 4.03. The van der Waals surface area contributed by atoms with Crippen LogP contribution in [0, 0.1) is 0 Å². The molecule has 2 aromatic rings. The average molecular weight is 295 g/mol. The Kier molecular flexibility index (Phi) is 4.39. The fraction of sp³-hybridized carbons (Fsp3) is 0.278. The predicted octanol–water partition coefficient (Wildman–Crippen LogP) is 3.00. The number of carbonyl (C=O) groups excluding carboxylic acids is 1. The molecule has 22 heavy (non-hydrogen) atoms. The number of hydrogen-bond acceptors (Lipinski definition) is 3. The van der Waals surface area contributed by atoms with E-state index < -0.39 is 0 Å². The molecule has 0 unspecified atom stereocenters. The van der Waals surface area contributed by atoms with E-state index in [2.05, 4.69) is 16.3 Å². The molecule has 0 spiro atoms. The standard InChI is InChI=1S/C18H21N3O/c19-13-14-6-8-15(9-7-14)18(22)20-16-4-3-5-17(12-16)21-10-1-2-11-21/h3-9,12H,1-2,10-11,13,19H2,(H,20,22). The van der Waals surface area contributed by atoms with E-state index in [0.717, 1.165) is 24.3 Å². The van der Waals surface area contributed by atoms with Gasteiger partial charge in [0, 0.05) is 36.6 Å². The maximum absolute atomic E-state index is 12.3.